The van der Waals surface area contributed by atoms with E-state index in [-0.39, 0.29) is 23.2 Å². The topological polar surface area (TPSA) is 128 Å². The molecule has 0 aliphatic rings. The van der Waals surface area contributed by atoms with E-state index in [4.69, 9.17) is 44.5 Å². The van der Waals surface area contributed by atoms with Crippen LogP contribution in [0.15, 0.2) is 54.6 Å². The SMILES string of the molecule is CC#CC#CC#CSOON.CCOC(=O)Cc1ccc(Cl)c(O)c1.[C-]#[N+]c1cc(C#N)cc(Oc2cc(CC)ccc2Cl)c1. The van der Waals surface area contributed by atoms with Crippen molar-refractivity contribution < 1.29 is 28.7 Å². The highest BCUT2D eigenvalue weighted by Gasteiger charge is 2.08. The number of hydrogen-bond donors (Lipinski definition) is 2. The quantitative estimate of drug-likeness (QED) is 0.0473. The highest BCUT2D eigenvalue weighted by atomic mass is 35.5. The molecule has 0 heterocycles. The van der Waals surface area contributed by atoms with Crippen molar-refractivity contribution in [2.24, 2.45) is 5.90 Å². The van der Waals surface area contributed by atoms with Crippen LogP contribution in [0.4, 0.5) is 5.69 Å². The summed E-state index contributed by atoms with van der Waals surface area (Å²) in [5.74, 6) is 17.7. The number of hydrogen-bond acceptors (Lipinski definition) is 9. The molecule has 3 rings (SSSR count). The molecular weight excluding hydrogens is 637 g/mol. The van der Waals surface area contributed by atoms with E-state index in [0.717, 1.165) is 24.0 Å². The lowest BCUT2D eigenvalue weighted by atomic mass is 10.1. The highest BCUT2D eigenvalue weighted by Crippen LogP contribution is 2.33. The molecule has 0 aromatic heterocycles. The fourth-order valence-corrected chi connectivity index (χ4v) is 3.44. The van der Waals surface area contributed by atoms with Crippen molar-refractivity contribution in [3.63, 3.8) is 0 Å². The number of nitrogens with two attached hydrogens (primary N) is 1. The number of rotatable bonds is 8. The smallest absolute Gasteiger partial charge is 0.310 e. The molecule has 230 valence electrons. The molecule has 0 amide bonds. The molecular formula is C33H27Cl2N3O6S. The van der Waals surface area contributed by atoms with Gasteiger partial charge in [0.25, 0.3) is 0 Å². The van der Waals surface area contributed by atoms with Crippen molar-refractivity contribution in [1.29, 1.82) is 5.26 Å². The lowest BCUT2D eigenvalue weighted by Crippen LogP contribution is -2.07. The van der Waals surface area contributed by atoms with Crippen molar-refractivity contribution in [3.8, 4) is 58.2 Å². The Bertz CT molecular complexity index is 1690. The van der Waals surface area contributed by atoms with E-state index in [1.54, 1.807) is 44.2 Å². The minimum atomic E-state index is -0.311. The highest BCUT2D eigenvalue weighted by molar-refractivity contribution is 7.99. The predicted molar refractivity (Wildman–Crippen MR) is 175 cm³/mol. The first-order valence-corrected chi connectivity index (χ1v) is 14.3. The molecule has 0 aliphatic carbocycles. The fourth-order valence-electron chi connectivity index (χ4n) is 3.00. The summed E-state index contributed by atoms with van der Waals surface area (Å²) in [6.45, 7) is 12.9. The summed E-state index contributed by atoms with van der Waals surface area (Å²) >= 11 is 12.5. The number of halogens is 2. The van der Waals surface area contributed by atoms with E-state index >= 15 is 0 Å². The van der Waals surface area contributed by atoms with Crippen molar-refractivity contribution in [2.75, 3.05) is 6.61 Å². The number of aromatic hydroxyl groups is 1. The number of carbonyl (C=O) groups is 1. The number of benzene rings is 3. The molecule has 0 aliphatic heterocycles. The molecule has 3 N–H and O–H groups in total. The first-order chi connectivity index (χ1) is 21.7. The molecule has 0 bridgehead atoms. The van der Waals surface area contributed by atoms with Gasteiger partial charge in [0.05, 0.1) is 35.7 Å². The van der Waals surface area contributed by atoms with Crippen LogP contribution in [0.2, 0.25) is 10.0 Å². The number of phenolic OH excluding ortho intramolecular Hbond substituents is 1. The minimum absolute atomic E-state index is 0.0199. The normalized spacial score (nSPS) is 8.80. The lowest BCUT2D eigenvalue weighted by molar-refractivity contribution is -0.194. The van der Waals surface area contributed by atoms with Crippen LogP contribution in [0.1, 0.15) is 37.5 Å². The standard InChI is InChI=1S/C16H11ClN2O.C10H11ClO3.C7H5NO2S/c1-3-11-4-5-15(17)16(8-11)20-14-7-12(10-18)6-13(9-14)19-2;1-2-14-10(13)6-7-3-4-8(11)9(12)5-7;1-2-3-4-5-6-7-11-10-9-8/h4-9H,3H2,1H3;3-5,12H,2,6H2,1H3;8H2,1H3. The molecule has 0 saturated heterocycles. The molecule has 0 atom stereocenters. The van der Waals surface area contributed by atoms with Crippen LogP contribution in [0.3, 0.4) is 0 Å². The maximum Gasteiger partial charge on any atom is 0.310 e. The van der Waals surface area contributed by atoms with E-state index in [1.165, 1.54) is 12.1 Å². The summed E-state index contributed by atoms with van der Waals surface area (Å²) in [5, 5.41) is 21.4. The summed E-state index contributed by atoms with van der Waals surface area (Å²) in [6.07, 6.45) is 1.03. The van der Waals surface area contributed by atoms with Crippen molar-refractivity contribution >= 4 is 46.9 Å². The molecule has 0 saturated carbocycles. The van der Waals surface area contributed by atoms with Crippen molar-refractivity contribution in [2.45, 2.75) is 33.6 Å². The molecule has 45 heavy (non-hydrogen) atoms. The summed E-state index contributed by atoms with van der Waals surface area (Å²) in [5.41, 5.74) is 2.54. The molecule has 0 fully saturated rings. The van der Waals surface area contributed by atoms with Gasteiger partial charge in [-0.1, -0.05) is 48.2 Å². The van der Waals surface area contributed by atoms with Gasteiger partial charge in [-0.05, 0) is 91.6 Å². The fraction of sp³-hybridized carbons (Fsp3) is 0.182. The number of carbonyl (C=O) groups excluding carboxylic acids is 1. The first kappa shape index (κ1) is 38.2. The second-order valence-electron chi connectivity index (χ2n) is 8.03. The van der Waals surface area contributed by atoms with E-state index < -0.39 is 0 Å². The van der Waals surface area contributed by atoms with Crippen LogP contribution in [-0.4, -0.2) is 17.7 Å². The van der Waals surface area contributed by atoms with Crippen LogP contribution in [0.25, 0.3) is 4.85 Å². The van der Waals surface area contributed by atoms with Gasteiger partial charge in [-0.2, -0.15) is 11.2 Å². The van der Waals surface area contributed by atoms with Crippen LogP contribution >= 0.6 is 35.2 Å². The maximum atomic E-state index is 11.1. The number of nitriles is 1. The third kappa shape index (κ3) is 16.0. The van der Waals surface area contributed by atoms with Gasteiger partial charge < -0.3 is 14.6 Å². The predicted octanol–water partition coefficient (Wildman–Crippen LogP) is 7.71. The zero-order chi connectivity index (χ0) is 33.5. The molecule has 3 aromatic rings. The van der Waals surface area contributed by atoms with Crippen LogP contribution in [0.5, 0.6) is 17.2 Å². The average Bonchev–Trinajstić information content (AvgIpc) is 3.04. The van der Waals surface area contributed by atoms with Gasteiger partial charge in [0.1, 0.15) is 29.3 Å². The average molecular weight is 665 g/mol. The second kappa shape index (κ2) is 22.7. The second-order valence-corrected chi connectivity index (χ2v) is 9.35. The van der Waals surface area contributed by atoms with E-state index in [2.05, 4.69) is 54.9 Å². The third-order valence-electron chi connectivity index (χ3n) is 4.92. The molecule has 3 aromatic carbocycles. The number of esters is 1. The number of nitrogens with zero attached hydrogens (tertiary/aromatic N) is 2. The van der Waals surface area contributed by atoms with E-state index in [9.17, 15) is 9.90 Å². The van der Waals surface area contributed by atoms with Gasteiger partial charge in [-0.15, -0.1) is 9.32 Å². The van der Waals surface area contributed by atoms with Gasteiger partial charge >= 0.3 is 5.97 Å². The van der Waals surface area contributed by atoms with Crippen LogP contribution in [0, 0.1) is 52.8 Å². The van der Waals surface area contributed by atoms with E-state index in [1.807, 2.05) is 25.1 Å². The van der Waals surface area contributed by atoms with Crippen molar-refractivity contribution in [3.05, 3.63) is 92.8 Å². The Kier molecular flexibility index (Phi) is 19.3. The number of ether oxygens (including phenoxy) is 2. The van der Waals surface area contributed by atoms with Gasteiger partial charge in [0, 0.05) is 16.7 Å². The van der Waals surface area contributed by atoms with Crippen LogP contribution < -0.4 is 10.6 Å². The van der Waals surface area contributed by atoms with Gasteiger partial charge in [0.15, 0.2) is 5.69 Å². The Balaban J connectivity index is 0.000000357. The molecule has 12 heteroatoms. The summed E-state index contributed by atoms with van der Waals surface area (Å²) in [6, 6.07) is 17.0. The van der Waals surface area contributed by atoms with E-state index in [0.29, 0.717) is 39.9 Å². The van der Waals surface area contributed by atoms with Crippen LogP contribution in [-0.2, 0) is 31.7 Å². The number of aryl methyl sites for hydroxylation is 1. The Morgan fingerprint density at radius 1 is 1.02 bits per heavy atom. The third-order valence-corrected chi connectivity index (χ3v) is 5.89. The maximum absolute atomic E-state index is 11.1. The lowest BCUT2D eigenvalue weighted by Gasteiger charge is -2.10. The molecule has 0 spiro atoms. The number of phenols is 1. The molecule has 0 radical (unpaired) electrons. The summed E-state index contributed by atoms with van der Waals surface area (Å²) < 4.78 is 14.6. The molecule has 9 nitrogen and oxygen atoms in total. The Morgan fingerprint density at radius 2 is 1.73 bits per heavy atom. The molecule has 0 unspecified atom stereocenters. The zero-order valence-electron chi connectivity index (χ0n) is 24.4. The minimum Gasteiger partial charge on any atom is -0.506 e. The summed E-state index contributed by atoms with van der Waals surface area (Å²) in [4.78, 5) is 18.1. The monoisotopic (exact) mass is 663 g/mol. The van der Waals surface area contributed by atoms with Gasteiger partial charge in [0.2, 0.25) is 0 Å². The Labute approximate surface area is 277 Å². The largest absolute Gasteiger partial charge is 0.506 e. The Hall–Kier alpha value is -4.80. The van der Waals surface area contributed by atoms with Crippen molar-refractivity contribution in [1.82, 2.24) is 0 Å². The first-order valence-electron chi connectivity index (χ1n) is 12.8. The zero-order valence-corrected chi connectivity index (χ0v) is 26.8. The van der Waals surface area contributed by atoms with Gasteiger partial charge in [-0.25, -0.2) is 4.85 Å². The Morgan fingerprint density at radius 3 is 2.36 bits per heavy atom. The summed E-state index contributed by atoms with van der Waals surface area (Å²) in [7, 11) is 0. The van der Waals surface area contributed by atoms with Gasteiger partial charge in [-0.3, -0.25) is 4.79 Å².